The lowest BCUT2D eigenvalue weighted by Crippen LogP contribution is -2.27. The Hall–Kier alpha value is -2.84. The fourth-order valence-corrected chi connectivity index (χ4v) is 3.95. The number of rotatable bonds is 7. The summed E-state index contributed by atoms with van der Waals surface area (Å²) in [4.78, 5) is 4.13. The molecule has 0 bridgehead atoms. The molecule has 3 rings (SSSR count). The van der Waals surface area contributed by atoms with E-state index in [1.54, 1.807) is 25.5 Å². The van der Waals surface area contributed by atoms with Gasteiger partial charge in [0.1, 0.15) is 0 Å². The molecule has 3 aromatic rings. The molecule has 1 N–H and O–H groups in total. The van der Waals surface area contributed by atoms with Crippen LogP contribution in [0.2, 0.25) is 0 Å². The molecule has 0 fully saturated rings. The second kappa shape index (κ2) is 7.81. The summed E-state index contributed by atoms with van der Waals surface area (Å²) in [6.45, 7) is 1.80. The number of imidazole rings is 1. The van der Waals surface area contributed by atoms with Gasteiger partial charge < -0.3 is 14.0 Å². The number of ether oxygens (including phenoxy) is 2. The Labute approximate surface area is 158 Å². The zero-order valence-corrected chi connectivity index (χ0v) is 16.1. The first kappa shape index (κ1) is 18.9. The average molecular weight is 387 g/mol. The fourth-order valence-electron chi connectivity index (χ4n) is 2.70. The first-order chi connectivity index (χ1) is 12.9. The Balaban J connectivity index is 1.79. The van der Waals surface area contributed by atoms with Crippen LogP contribution in [-0.4, -0.2) is 32.2 Å². The summed E-state index contributed by atoms with van der Waals surface area (Å²) in [5, 5.41) is 0. The number of aromatic nitrogens is 2. The van der Waals surface area contributed by atoms with Gasteiger partial charge in [0, 0.05) is 30.2 Å². The van der Waals surface area contributed by atoms with Gasteiger partial charge in [-0.05, 0) is 36.8 Å². The molecule has 0 aliphatic heterocycles. The molecule has 7 nitrogen and oxygen atoms in total. The first-order valence-electron chi connectivity index (χ1n) is 8.27. The molecular formula is C19H21N3O4S. The van der Waals surface area contributed by atoms with Crippen molar-refractivity contribution in [2.75, 3.05) is 14.2 Å². The van der Waals surface area contributed by atoms with Crippen molar-refractivity contribution < 1.29 is 17.9 Å². The lowest BCUT2D eigenvalue weighted by Gasteiger charge is -2.16. The van der Waals surface area contributed by atoms with Gasteiger partial charge in [-0.15, -0.1) is 0 Å². The minimum absolute atomic E-state index is 0.113. The van der Waals surface area contributed by atoms with Crippen LogP contribution in [0.4, 0.5) is 0 Å². The van der Waals surface area contributed by atoms with Crippen LogP contribution in [0.3, 0.4) is 0 Å². The lowest BCUT2D eigenvalue weighted by atomic mass is 10.1. The Kier molecular flexibility index (Phi) is 5.48. The van der Waals surface area contributed by atoms with Crippen LogP contribution in [0.5, 0.6) is 11.5 Å². The number of sulfonamides is 1. The van der Waals surface area contributed by atoms with E-state index in [0.717, 1.165) is 11.3 Å². The van der Waals surface area contributed by atoms with Crippen LogP contribution in [0.25, 0.3) is 5.69 Å². The van der Waals surface area contributed by atoms with Crippen LogP contribution < -0.4 is 14.2 Å². The van der Waals surface area contributed by atoms with Crippen molar-refractivity contribution in [2.24, 2.45) is 0 Å². The van der Waals surface area contributed by atoms with Gasteiger partial charge in [-0.25, -0.2) is 18.1 Å². The van der Waals surface area contributed by atoms with E-state index in [1.807, 2.05) is 35.0 Å². The van der Waals surface area contributed by atoms with Gasteiger partial charge in [-0.2, -0.15) is 0 Å². The summed E-state index contributed by atoms with van der Waals surface area (Å²) in [6, 6.07) is 11.7. The maximum atomic E-state index is 12.7. The van der Waals surface area contributed by atoms with Gasteiger partial charge in [0.2, 0.25) is 10.0 Å². The van der Waals surface area contributed by atoms with Gasteiger partial charge in [-0.3, -0.25) is 0 Å². The maximum absolute atomic E-state index is 12.7. The van der Waals surface area contributed by atoms with Crippen molar-refractivity contribution in [3.63, 3.8) is 0 Å². The molecule has 0 aliphatic carbocycles. The van der Waals surface area contributed by atoms with Gasteiger partial charge in [0.15, 0.2) is 11.5 Å². The molecule has 0 saturated carbocycles. The molecule has 142 valence electrons. The Morgan fingerprint density at radius 1 is 1.04 bits per heavy atom. The Morgan fingerprint density at radius 3 is 2.33 bits per heavy atom. The minimum atomic E-state index is -3.72. The van der Waals surface area contributed by atoms with E-state index >= 15 is 0 Å². The van der Waals surface area contributed by atoms with Crippen LogP contribution >= 0.6 is 0 Å². The molecule has 8 heteroatoms. The zero-order valence-electron chi connectivity index (χ0n) is 15.3. The van der Waals surface area contributed by atoms with Crippen LogP contribution in [0, 0.1) is 0 Å². The molecule has 0 saturated heterocycles. The van der Waals surface area contributed by atoms with E-state index in [2.05, 4.69) is 9.71 Å². The van der Waals surface area contributed by atoms with E-state index in [4.69, 9.17) is 9.47 Å². The topological polar surface area (TPSA) is 82.5 Å². The number of methoxy groups -OCH3 is 2. The van der Waals surface area contributed by atoms with E-state index in [9.17, 15) is 8.42 Å². The quantitative estimate of drug-likeness (QED) is 0.674. The third-order valence-corrected chi connectivity index (χ3v) is 5.73. The van der Waals surface area contributed by atoms with Gasteiger partial charge in [-0.1, -0.05) is 12.1 Å². The van der Waals surface area contributed by atoms with Crippen LogP contribution in [-0.2, 0) is 10.0 Å². The highest BCUT2D eigenvalue weighted by molar-refractivity contribution is 7.89. The number of hydrogen-bond donors (Lipinski definition) is 1. The predicted octanol–water partition coefficient (Wildman–Crippen LogP) is 2.93. The van der Waals surface area contributed by atoms with Crippen molar-refractivity contribution in [1.29, 1.82) is 0 Å². The highest BCUT2D eigenvalue weighted by atomic mass is 32.2. The molecule has 1 aromatic heterocycles. The smallest absolute Gasteiger partial charge is 0.241 e. The minimum Gasteiger partial charge on any atom is -0.493 e. The van der Waals surface area contributed by atoms with Gasteiger partial charge in [0.05, 0.1) is 25.4 Å². The lowest BCUT2D eigenvalue weighted by molar-refractivity contribution is 0.354. The summed E-state index contributed by atoms with van der Waals surface area (Å²) in [6.07, 6.45) is 5.25. The summed E-state index contributed by atoms with van der Waals surface area (Å²) in [5.74, 6) is 0.831. The molecule has 0 spiro atoms. The van der Waals surface area contributed by atoms with Crippen LogP contribution in [0.1, 0.15) is 18.5 Å². The Morgan fingerprint density at radius 2 is 1.74 bits per heavy atom. The van der Waals surface area contributed by atoms with Crippen molar-refractivity contribution in [3.05, 3.63) is 66.7 Å². The zero-order chi connectivity index (χ0) is 19.4. The highest BCUT2D eigenvalue weighted by Gasteiger charge is 2.20. The summed E-state index contributed by atoms with van der Waals surface area (Å²) in [7, 11) is -0.755. The van der Waals surface area contributed by atoms with E-state index in [-0.39, 0.29) is 4.90 Å². The molecule has 0 amide bonds. The van der Waals surface area contributed by atoms with Crippen molar-refractivity contribution >= 4 is 10.0 Å². The predicted molar refractivity (Wildman–Crippen MR) is 102 cm³/mol. The third-order valence-electron chi connectivity index (χ3n) is 4.19. The van der Waals surface area contributed by atoms with E-state index in [0.29, 0.717) is 11.5 Å². The number of hydrogen-bond acceptors (Lipinski definition) is 5. The molecule has 0 aliphatic rings. The Bertz CT molecular complexity index is 1000. The SMILES string of the molecule is COc1ccc(S(=O)(=O)N[C@@H](C)c2ccc(-n3ccnc3)cc2)cc1OC. The monoisotopic (exact) mass is 387 g/mol. The van der Waals surface area contributed by atoms with E-state index < -0.39 is 16.1 Å². The van der Waals surface area contributed by atoms with Gasteiger partial charge in [0.25, 0.3) is 0 Å². The molecule has 0 unspecified atom stereocenters. The largest absolute Gasteiger partial charge is 0.493 e. The third kappa shape index (κ3) is 4.12. The number of nitrogens with one attached hydrogen (secondary N) is 1. The molecule has 1 heterocycles. The molecule has 1 atom stereocenters. The number of benzene rings is 2. The van der Waals surface area contributed by atoms with E-state index in [1.165, 1.54) is 26.4 Å². The normalized spacial score (nSPS) is 12.6. The molecule has 27 heavy (non-hydrogen) atoms. The fraction of sp³-hybridized carbons (Fsp3) is 0.211. The summed E-state index contributed by atoms with van der Waals surface area (Å²) < 4.78 is 40.3. The maximum Gasteiger partial charge on any atom is 0.241 e. The molecule has 2 aromatic carbocycles. The van der Waals surface area contributed by atoms with Crippen LogP contribution in [0.15, 0.2) is 66.1 Å². The summed E-state index contributed by atoms with van der Waals surface area (Å²) in [5.41, 5.74) is 1.80. The second-order valence-electron chi connectivity index (χ2n) is 5.92. The van der Waals surface area contributed by atoms with Crippen molar-refractivity contribution in [2.45, 2.75) is 17.9 Å². The number of nitrogens with zero attached hydrogens (tertiary/aromatic N) is 2. The summed E-state index contributed by atoms with van der Waals surface area (Å²) >= 11 is 0. The van der Waals surface area contributed by atoms with Crippen molar-refractivity contribution in [3.8, 4) is 17.2 Å². The second-order valence-corrected chi connectivity index (χ2v) is 7.64. The van der Waals surface area contributed by atoms with Crippen molar-refractivity contribution in [1.82, 2.24) is 14.3 Å². The first-order valence-corrected chi connectivity index (χ1v) is 9.75. The molecular weight excluding hydrogens is 366 g/mol. The standard InChI is InChI=1S/C19H21N3O4S/c1-14(15-4-6-16(7-5-15)22-11-10-20-13-22)21-27(23,24)17-8-9-18(25-2)19(12-17)26-3/h4-14,21H,1-3H3/t14-/m0/s1. The average Bonchev–Trinajstić information content (AvgIpc) is 3.22. The van der Waals surface area contributed by atoms with Gasteiger partial charge >= 0.3 is 0 Å². The highest BCUT2D eigenvalue weighted by Crippen LogP contribution is 2.30. The molecule has 0 radical (unpaired) electrons.